The molecule has 2 N–H and O–H groups in total. The number of amides is 4. The number of hydrazine groups is 1. The number of likely N-dealkylation sites (N-methyl/N-ethyl adjacent to an activating group) is 1. The first-order chi connectivity index (χ1) is 32.2. The number of hydrogen-bond donors (Lipinski definition) is 2. The Balaban J connectivity index is 0.00000274. The molecule has 71 heavy (non-hydrogen) atoms. The third-order valence-electron chi connectivity index (χ3n) is 13.2. The average molecular weight is 1070 g/mol. The van der Waals surface area contributed by atoms with Crippen molar-refractivity contribution in [1.82, 2.24) is 50.0 Å². The number of cyclic esters (lactones) is 1. The minimum Gasteiger partial charge on any atom is -0.464 e. The van der Waals surface area contributed by atoms with Crippen LogP contribution in [0.15, 0.2) is 42.3 Å². The highest BCUT2D eigenvalue weighted by atomic mass is 32.1. The number of morpholine rings is 1. The van der Waals surface area contributed by atoms with E-state index in [9.17, 15) is 24.0 Å². The molecule has 3 aromatic heterocycles. The van der Waals surface area contributed by atoms with Crippen LogP contribution in [0, 0.1) is 29.1 Å². The van der Waals surface area contributed by atoms with Gasteiger partial charge in [-0.2, -0.15) is 54.0 Å². The van der Waals surface area contributed by atoms with Gasteiger partial charge < -0.3 is 29.2 Å². The number of carbonyl (C=O) groups excluding carboxylic acids is 5. The van der Waals surface area contributed by atoms with E-state index in [2.05, 4.69) is 81.0 Å². The van der Waals surface area contributed by atoms with E-state index >= 15 is 0 Å². The van der Waals surface area contributed by atoms with E-state index in [1.165, 1.54) is 27.6 Å². The van der Waals surface area contributed by atoms with E-state index in [1.54, 1.807) is 11.9 Å². The SMILES string of the molecule is CCn1c(-c2cncnc2)c2c3cc(ccc31)-c1csc(n1)C[C@H](NC(=O)[C@H](C(C)C)N(C)C(=O)[C@H]1CCN(C(=O)C#CCN3CCOCC3)C1)C(=O)N1CCC[C@H](N1)C(=O)OCC(C)(C)C2.S.S.S.S. The first kappa shape index (κ1) is 59.2. The fourth-order valence-electron chi connectivity index (χ4n) is 9.77. The number of nitrogens with zero attached hydrogens (tertiary/aromatic N) is 8. The Morgan fingerprint density at radius 1 is 1.01 bits per heavy atom. The summed E-state index contributed by atoms with van der Waals surface area (Å²) in [6.07, 6.45) is 7.28. The molecule has 4 aromatic rings. The van der Waals surface area contributed by atoms with Gasteiger partial charge in [-0.25, -0.2) is 20.4 Å². The molecule has 1 aromatic carbocycles. The van der Waals surface area contributed by atoms with Gasteiger partial charge >= 0.3 is 5.97 Å². The highest BCUT2D eigenvalue weighted by Gasteiger charge is 2.40. The van der Waals surface area contributed by atoms with Gasteiger partial charge in [0.2, 0.25) is 11.8 Å². The molecule has 0 radical (unpaired) electrons. The summed E-state index contributed by atoms with van der Waals surface area (Å²) in [6.45, 7) is 15.0. The molecule has 4 atom stereocenters. The van der Waals surface area contributed by atoms with Crippen LogP contribution in [0.4, 0.5) is 0 Å². The predicted molar refractivity (Wildman–Crippen MR) is 294 cm³/mol. The molecular formula is C49H70N10O7S5. The molecule has 388 valence electrons. The zero-order valence-corrected chi connectivity index (χ0v) is 46.2. The normalized spacial score (nSPS) is 20.6. The third kappa shape index (κ3) is 13.6. The molecule has 7 heterocycles. The van der Waals surface area contributed by atoms with E-state index in [4.69, 9.17) is 14.5 Å². The average Bonchev–Trinajstić information content (AvgIpc) is 4.09. The number of rotatable bonds is 8. The van der Waals surface area contributed by atoms with Crippen LogP contribution in [0.25, 0.3) is 33.4 Å². The lowest BCUT2D eigenvalue weighted by Crippen LogP contribution is -2.62. The number of nitrogens with one attached hydrogen (secondary N) is 2. The van der Waals surface area contributed by atoms with Crippen molar-refractivity contribution in [3.8, 4) is 34.4 Å². The highest BCUT2D eigenvalue weighted by Crippen LogP contribution is 2.40. The van der Waals surface area contributed by atoms with E-state index in [0.717, 1.165) is 52.1 Å². The highest BCUT2D eigenvalue weighted by molar-refractivity contribution is 7.59. The van der Waals surface area contributed by atoms with Crippen molar-refractivity contribution >= 4 is 106 Å². The lowest BCUT2D eigenvalue weighted by molar-refractivity contribution is -0.155. The maximum Gasteiger partial charge on any atom is 0.324 e. The second kappa shape index (κ2) is 26.0. The Labute approximate surface area is 448 Å². The minimum absolute atomic E-state index is 0. The van der Waals surface area contributed by atoms with E-state index in [1.807, 2.05) is 31.6 Å². The summed E-state index contributed by atoms with van der Waals surface area (Å²) in [7, 11) is 1.61. The maximum atomic E-state index is 14.6. The maximum absolute atomic E-state index is 14.6. The molecule has 3 fully saturated rings. The number of hydrogen-bond acceptors (Lipinski definition) is 13. The van der Waals surface area contributed by atoms with Gasteiger partial charge in [-0.15, -0.1) is 11.3 Å². The molecule has 17 nitrogen and oxygen atoms in total. The molecule has 0 spiro atoms. The summed E-state index contributed by atoms with van der Waals surface area (Å²) in [5, 5.41) is 8.09. The third-order valence-corrected chi connectivity index (χ3v) is 14.1. The summed E-state index contributed by atoms with van der Waals surface area (Å²) in [4.78, 5) is 89.0. The quantitative estimate of drug-likeness (QED) is 0.191. The Hall–Kier alpha value is -4.34. The van der Waals surface area contributed by atoms with Gasteiger partial charge in [-0.3, -0.25) is 33.9 Å². The van der Waals surface area contributed by atoms with Gasteiger partial charge in [0.15, 0.2) is 0 Å². The molecule has 0 aliphatic carbocycles. The number of thiazole rings is 1. The van der Waals surface area contributed by atoms with Crippen molar-refractivity contribution in [2.75, 3.05) is 66.1 Å². The number of likely N-dealkylation sites (tertiary alicyclic amines) is 1. The first-order valence-corrected chi connectivity index (χ1v) is 24.3. The smallest absolute Gasteiger partial charge is 0.324 e. The number of esters is 1. The largest absolute Gasteiger partial charge is 0.464 e. The fourth-order valence-corrected chi connectivity index (χ4v) is 10.6. The number of carbonyl (C=O) groups is 5. The molecule has 8 rings (SSSR count). The van der Waals surface area contributed by atoms with Crippen LogP contribution in [0.1, 0.15) is 64.5 Å². The summed E-state index contributed by atoms with van der Waals surface area (Å²) >= 11 is 1.40. The van der Waals surface area contributed by atoms with Gasteiger partial charge in [0.05, 0.1) is 48.7 Å². The minimum atomic E-state index is -1.09. The molecule has 4 aliphatic heterocycles. The van der Waals surface area contributed by atoms with E-state index in [-0.39, 0.29) is 91.3 Å². The van der Waals surface area contributed by atoms with Gasteiger partial charge in [-0.1, -0.05) is 39.7 Å². The van der Waals surface area contributed by atoms with Crippen LogP contribution in [-0.4, -0.2) is 153 Å². The summed E-state index contributed by atoms with van der Waals surface area (Å²) in [5.74, 6) is 2.93. The van der Waals surface area contributed by atoms with E-state index in [0.29, 0.717) is 70.1 Å². The first-order valence-electron chi connectivity index (χ1n) is 23.5. The number of ether oxygens (including phenoxy) is 2. The summed E-state index contributed by atoms with van der Waals surface area (Å²) < 4.78 is 13.7. The summed E-state index contributed by atoms with van der Waals surface area (Å²) in [5.41, 5.74) is 8.31. The molecule has 22 heteroatoms. The monoisotopic (exact) mass is 1070 g/mol. The van der Waals surface area contributed by atoms with Crippen molar-refractivity contribution in [1.29, 1.82) is 0 Å². The van der Waals surface area contributed by atoms with Gasteiger partial charge in [0.25, 0.3) is 11.8 Å². The predicted octanol–water partition coefficient (Wildman–Crippen LogP) is 4.01. The fraction of sp³-hybridized carbons (Fsp3) is 0.551. The molecule has 0 unspecified atom stereocenters. The second-order valence-corrected chi connectivity index (χ2v) is 20.1. The van der Waals surface area contributed by atoms with Crippen LogP contribution < -0.4 is 10.7 Å². The van der Waals surface area contributed by atoms with Crippen LogP contribution in [-0.2, 0) is 52.8 Å². The zero-order valence-electron chi connectivity index (χ0n) is 41.4. The van der Waals surface area contributed by atoms with Gasteiger partial charge in [0, 0.05) is 98.0 Å². The Morgan fingerprint density at radius 3 is 2.45 bits per heavy atom. The van der Waals surface area contributed by atoms with Crippen molar-refractivity contribution < 1.29 is 33.4 Å². The molecule has 0 saturated carbocycles. The summed E-state index contributed by atoms with van der Waals surface area (Å²) in [6, 6.07) is 3.51. The van der Waals surface area contributed by atoms with Crippen molar-refractivity contribution in [3.63, 3.8) is 0 Å². The van der Waals surface area contributed by atoms with Crippen LogP contribution in [0.3, 0.4) is 0 Å². The van der Waals surface area contributed by atoms with E-state index < -0.39 is 47.2 Å². The number of aryl methyl sites for hydroxylation is 1. The topological polar surface area (TPSA) is 184 Å². The van der Waals surface area contributed by atoms with Gasteiger partial charge in [0.1, 0.15) is 24.5 Å². The molecule has 3 saturated heterocycles. The second-order valence-electron chi connectivity index (χ2n) is 19.1. The van der Waals surface area contributed by atoms with Crippen LogP contribution in [0.5, 0.6) is 0 Å². The van der Waals surface area contributed by atoms with Gasteiger partial charge in [-0.05, 0) is 62.1 Å². The molecule has 4 amide bonds. The standard InChI is InChI=1S/C49H62N10O7S.4H2S/c1-7-58-40-13-12-32-22-35(40)36(44(58)34-25-50-30-51-26-34)24-49(4,5)29-66-48(64)37-10-8-16-59(54-37)47(63)38(23-41-52-39(32)28-67-41)53-45(61)43(31(2)3)55(6)46(62)33-14-17-57(27-33)42(60)11-9-15-56-18-20-65-21-19-56;;;;/h12-13,22,25-26,28,30-31,33,37-38,43,54H,7-8,10,14-21,23-24,27,29H2,1-6H3,(H,53,61);4*1H2/t33-,37-,38-,43-;;;;/m0..../s1. The lowest BCUT2D eigenvalue weighted by atomic mass is 9.84. The Morgan fingerprint density at radius 2 is 1.75 bits per heavy atom. The lowest BCUT2D eigenvalue weighted by Gasteiger charge is -2.36. The van der Waals surface area contributed by atoms with Crippen LogP contribution in [0.2, 0.25) is 0 Å². The van der Waals surface area contributed by atoms with Crippen molar-refractivity contribution in [3.05, 3.63) is 52.9 Å². The number of fused-ring (bicyclic) bond motifs is 6. The van der Waals surface area contributed by atoms with Crippen LogP contribution >= 0.6 is 65.3 Å². The number of aromatic nitrogens is 4. The Bertz CT molecular complexity index is 2560. The van der Waals surface area contributed by atoms with Crippen molar-refractivity contribution in [2.24, 2.45) is 17.3 Å². The molecule has 6 bridgehead atoms. The molecular weight excluding hydrogens is 1000 g/mol. The zero-order chi connectivity index (χ0) is 47.4. The van der Waals surface area contributed by atoms with Crippen molar-refractivity contribution in [2.45, 2.75) is 91.4 Å². The Kier molecular flexibility index (Phi) is 21.7. The number of benzene rings is 1. The molecule has 4 aliphatic rings.